The summed E-state index contributed by atoms with van der Waals surface area (Å²) in [7, 11) is 0. The van der Waals surface area contributed by atoms with E-state index in [1.165, 1.54) is 12.8 Å². The Balaban J connectivity index is 1.40. The molecular formula is C20H27N5O. The summed E-state index contributed by atoms with van der Waals surface area (Å²) in [6.45, 7) is 6.46. The summed E-state index contributed by atoms with van der Waals surface area (Å²) in [4.78, 5) is 14.7. The van der Waals surface area contributed by atoms with Crippen molar-refractivity contribution in [3.8, 4) is 11.4 Å². The molecule has 1 aromatic carbocycles. The van der Waals surface area contributed by atoms with Crippen molar-refractivity contribution >= 4 is 5.91 Å². The first-order chi connectivity index (χ1) is 12.7. The van der Waals surface area contributed by atoms with Crippen LogP contribution in [0.25, 0.3) is 11.4 Å². The predicted octanol–water partition coefficient (Wildman–Crippen LogP) is 2.31. The van der Waals surface area contributed by atoms with Crippen molar-refractivity contribution in [1.29, 1.82) is 0 Å². The molecular weight excluding hydrogens is 326 g/mol. The lowest BCUT2D eigenvalue weighted by atomic mass is 9.84. The van der Waals surface area contributed by atoms with Crippen LogP contribution in [0, 0.1) is 11.8 Å². The first kappa shape index (κ1) is 17.2. The van der Waals surface area contributed by atoms with E-state index >= 15 is 0 Å². The lowest BCUT2D eigenvalue weighted by Crippen LogP contribution is -2.40. The molecule has 26 heavy (non-hydrogen) atoms. The van der Waals surface area contributed by atoms with Gasteiger partial charge in [0.15, 0.2) is 11.6 Å². The average Bonchev–Trinajstić information content (AvgIpc) is 3.12. The van der Waals surface area contributed by atoms with Crippen molar-refractivity contribution in [2.24, 2.45) is 11.8 Å². The number of nitrogens with zero attached hydrogens (tertiary/aromatic N) is 4. The monoisotopic (exact) mass is 353 g/mol. The minimum absolute atomic E-state index is 0.256. The van der Waals surface area contributed by atoms with Crippen LogP contribution in [0.15, 0.2) is 30.3 Å². The number of aromatic nitrogens is 3. The molecule has 4 rings (SSSR count). The fourth-order valence-electron chi connectivity index (χ4n) is 4.16. The van der Waals surface area contributed by atoms with Crippen molar-refractivity contribution in [3.05, 3.63) is 36.2 Å². The van der Waals surface area contributed by atoms with Gasteiger partial charge in [-0.15, -0.1) is 10.2 Å². The van der Waals surface area contributed by atoms with Crippen LogP contribution < -0.4 is 5.32 Å². The molecule has 0 spiro atoms. The molecule has 1 aromatic heterocycles. The summed E-state index contributed by atoms with van der Waals surface area (Å²) in [5.74, 6) is 3.16. The Morgan fingerprint density at radius 3 is 2.73 bits per heavy atom. The van der Waals surface area contributed by atoms with Gasteiger partial charge in [0.2, 0.25) is 5.91 Å². The van der Waals surface area contributed by atoms with Gasteiger partial charge in [0.25, 0.3) is 0 Å². The lowest BCUT2D eigenvalue weighted by molar-refractivity contribution is -0.134. The Kier molecular flexibility index (Phi) is 5.02. The van der Waals surface area contributed by atoms with Crippen molar-refractivity contribution in [2.45, 2.75) is 39.3 Å². The molecule has 6 nitrogen and oxygen atoms in total. The molecule has 0 saturated carbocycles. The summed E-state index contributed by atoms with van der Waals surface area (Å²) in [6.07, 6.45) is 3.01. The Bertz CT molecular complexity index is 751. The molecule has 1 unspecified atom stereocenters. The molecule has 1 fully saturated rings. The third-order valence-corrected chi connectivity index (χ3v) is 5.82. The van der Waals surface area contributed by atoms with Gasteiger partial charge in [-0.2, -0.15) is 0 Å². The number of benzene rings is 1. The van der Waals surface area contributed by atoms with Crippen LogP contribution in [0.3, 0.4) is 0 Å². The van der Waals surface area contributed by atoms with E-state index in [9.17, 15) is 4.79 Å². The van der Waals surface area contributed by atoms with Crippen LogP contribution in [-0.4, -0.2) is 45.2 Å². The van der Waals surface area contributed by atoms with Crippen molar-refractivity contribution in [1.82, 2.24) is 25.0 Å². The molecule has 3 heterocycles. The highest BCUT2D eigenvalue weighted by Crippen LogP contribution is 2.26. The number of carbonyl (C=O) groups is 1. The number of nitrogens with one attached hydrogen (secondary N) is 1. The average molecular weight is 353 g/mol. The zero-order valence-corrected chi connectivity index (χ0v) is 15.4. The minimum Gasteiger partial charge on any atom is -0.333 e. The predicted molar refractivity (Wildman–Crippen MR) is 100 cm³/mol. The fourth-order valence-corrected chi connectivity index (χ4v) is 4.16. The number of rotatable bonds is 4. The van der Waals surface area contributed by atoms with Crippen LogP contribution in [0.4, 0.5) is 0 Å². The van der Waals surface area contributed by atoms with Gasteiger partial charge in [0, 0.05) is 25.1 Å². The molecule has 2 aromatic rings. The number of piperidine rings is 1. The van der Waals surface area contributed by atoms with Crippen molar-refractivity contribution < 1.29 is 4.79 Å². The summed E-state index contributed by atoms with van der Waals surface area (Å²) in [5.41, 5.74) is 1.07. The van der Waals surface area contributed by atoms with E-state index in [0.29, 0.717) is 24.8 Å². The van der Waals surface area contributed by atoms with Gasteiger partial charge >= 0.3 is 0 Å². The number of fused-ring (bicyclic) bond motifs is 1. The molecule has 6 heteroatoms. The van der Waals surface area contributed by atoms with E-state index in [1.807, 2.05) is 23.1 Å². The molecule has 0 aliphatic carbocycles. The van der Waals surface area contributed by atoms with Gasteiger partial charge in [-0.25, -0.2) is 0 Å². The SMILES string of the molecule is CC(CC(=O)N1CCn2c(nnc2-c2ccccc2)C1)C1CCNCC1. The van der Waals surface area contributed by atoms with Gasteiger partial charge < -0.3 is 14.8 Å². The molecule has 0 radical (unpaired) electrons. The normalized spacial score (nSPS) is 19.2. The van der Waals surface area contributed by atoms with Crippen molar-refractivity contribution in [2.75, 3.05) is 19.6 Å². The molecule has 2 aliphatic rings. The quantitative estimate of drug-likeness (QED) is 0.916. The number of hydrogen-bond acceptors (Lipinski definition) is 4. The van der Waals surface area contributed by atoms with Gasteiger partial charge in [-0.1, -0.05) is 37.3 Å². The first-order valence-electron chi connectivity index (χ1n) is 9.68. The topological polar surface area (TPSA) is 63.1 Å². The highest BCUT2D eigenvalue weighted by molar-refractivity contribution is 5.76. The number of hydrogen-bond donors (Lipinski definition) is 1. The fraction of sp³-hybridized carbons (Fsp3) is 0.550. The highest BCUT2D eigenvalue weighted by atomic mass is 16.2. The summed E-state index contributed by atoms with van der Waals surface area (Å²) >= 11 is 0. The molecule has 1 atom stereocenters. The Morgan fingerprint density at radius 1 is 1.19 bits per heavy atom. The van der Waals surface area contributed by atoms with Crippen LogP contribution in [0.1, 0.15) is 32.0 Å². The molecule has 1 saturated heterocycles. The van der Waals surface area contributed by atoms with E-state index in [2.05, 4.69) is 39.1 Å². The zero-order valence-electron chi connectivity index (χ0n) is 15.4. The minimum atomic E-state index is 0.256. The second-order valence-electron chi connectivity index (χ2n) is 7.54. The zero-order chi connectivity index (χ0) is 17.9. The largest absolute Gasteiger partial charge is 0.333 e. The Morgan fingerprint density at radius 2 is 1.96 bits per heavy atom. The van der Waals surface area contributed by atoms with Gasteiger partial charge in [0.05, 0.1) is 6.54 Å². The van der Waals surface area contributed by atoms with E-state index < -0.39 is 0 Å². The summed E-state index contributed by atoms with van der Waals surface area (Å²) in [5, 5.41) is 12.1. The van der Waals surface area contributed by atoms with E-state index in [0.717, 1.165) is 43.4 Å². The van der Waals surface area contributed by atoms with Crippen LogP contribution in [0.2, 0.25) is 0 Å². The number of amides is 1. The molecule has 1 N–H and O–H groups in total. The maximum Gasteiger partial charge on any atom is 0.223 e. The van der Waals surface area contributed by atoms with Gasteiger partial charge in [-0.05, 0) is 37.8 Å². The summed E-state index contributed by atoms with van der Waals surface area (Å²) in [6, 6.07) is 10.1. The summed E-state index contributed by atoms with van der Waals surface area (Å²) < 4.78 is 2.15. The maximum absolute atomic E-state index is 12.8. The first-order valence-corrected chi connectivity index (χ1v) is 9.68. The standard InChI is InChI=1S/C20H27N5O/c1-15(16-7-9-21-10-8-16)13-19(26)24-11-12-25-18(14-24)22-23-20(25)17-5-3-2-4-6-17/h2-6,15-16,21H,7-14H2,1H3. The molecule has 2 aliphatic heterocycles. The highest BCUT2D eigenvalue weighted by Gasteiger charge is 2.28. The third kappa shape index (κ3) is 3.51. The Labute approximate surface area is 154 Å². The maximum atomic E-state index is 12.8. The lowest BCUT2D eigenvalue weighted by Gasteiger charge is -2.32. The third-order valence-electron chi connectivity index (χ3n) is 5.82. The van der Waals surface area contributed by atoms with E-state index in [1.54, 1.807) is 0 Å². The van der Waals surface area contributed by atoms with E-state index in [4.69, 9.17) is 0 Å². The van der Waals surface area contributed by atoms with Crippen LogP contribution >= 0.6 is 0 Å². The van der Waals surface area contributed by atoms with Gasteiger partial charge in [-0.3, -0.25) is 4.79 Å². The molecule has 138 valence electrons. The van der Waals surface area contributed by atoms with Crippen molar-refractivity contribution in [3.63, 3.8) is 0 Å². The van der Waals surface area contributed by atoms with Gasteiger partial charge in [0.1, 0.15) is 0 Å². The smallest absolute Gasteiger partial charge is 0.223 e. The molecule has 0 bridgehead atoms. The number of carbonyl (C=O) groups excluding carboxylic acids is 1. The second kappa shape index (κ2) is 7.58. The molecule has 1 amide bonds. The Hall–Kier alpha value is -2.21. The van der Waals surface area contributed by atoms with Crippen LogP contribution in [-0.2, 0) is 17.9 Å². The second-order valence-corrected chi connectivity index (χ2v) is 7.54. The van der Waals surface area contributed by atoms with Crippen LogP contribution in [0.5, 0.6) is 0 Å². The van der Waals surface area contributed by atoms with E-state index in [-0.39, 0.29) is 5.91 Å².